The first-order valence-corrected chi connectivity index (χ1v) is 7.32. The molecule has 2 amide bonds. The number of benzene rings is 1. The molecule has 0 saturated heterocycles. The Morgan fingerprint density at radius 3 is 2.15 bits per heavy atom. The number of rotatable bonds is 3. The number of aliphatic hydroxyl groups excluding tert-OH is 1. The SMILES string of the molecule is O=C1c2ccccc2C(=O)N1CC(O)C1CCCCC1. The fraction of sp³-hybridized carbons (Fsp3) is 0.500. The summed E-state index contributed by atoms with van der Waals surface area (Å²) in [7, 11) is 0. The van der Waals surface area contributed by atoms with Gasteiger partial charge in [0.2, 0.25) is 0 Å². The third-order valence-corrected chi connectivity index (χ3v) is 4.44. The number of carbonyl (C=O) groups excluding carboxylic acids is 2. The molecule has 0 radical (unpaired) electrons. The summed E-state index contributed by atoms with van der Waals surface area (Å²) in [6, 6.07) is 6.85. The molecular formula is C16H19NO3. The molecule has 3 rings (SSSR count). The first kappa shape index (κ1) is 13.3. The molecule has 106 valence electrons. The summed E-state index contributed by atoms with van der Waals surface area (Å²) in [6.45, 7) is 0.122. The Morgan fingerprint density at radius 1 is 1.05 bits per heavy atom. The monoisotopic (exact) mass is 273 g/mol. The Kier molecular flexibility index (Phi) is 3.57. The molecule has 20 heavy (non-hydrogen) atoms. The van der Waals surface area contributed by atoms with Gasteiger partial charge in [0.15, 0.2) is 0 Å². The molecule has 1 N–H and O–H groups in total. The average molecular weight is 273 g/mol. The van der Waals surface area contributed by atoms with E-state index in [4.69, 9.17) is 0 Å². The van der Waals surface area contributed by atoms with Crippen LogP contribution in [0.15, 0.2) is 24.3 Å². The fourth-order valence-electron chi connectivity index (χ4n) is 3.26. The molecule has 4 heteroatoms. The van der Waals surface area contributed by atoms with E-state index < -0.39 is 6.10 Å². The molecule has 1 aliphatic carbocycles. The normalized spacial score (nSPS) is 21.1. The molecule has 1 saturated carbocycles. The van der Waals surface area contributed by atoms with Gasteiger partial charge < -0.3 is 5.11 Å². The zero-order chi connectivity index (χ0) is 14.1. The minimum atomic E-state index is -0.600. The van der Waals surface area contributed by atoms with E-state index in [2.05, 4.69) is 0 Å². The summed E-state index contributed by atoms with van der Waals surface area (Å²) >= 11 is 0. The second-order valence-electron chi connectivity index (χ2n) is 5.73. The van der Waals surface area contributed by atoms with Crippen molar-refractivity contribution in [1.29, 1.82) is 0 Å². The largest absolute Gasteiger partial charge is 0.391 e. The van der Waals surface area contributed by atoms with Crippen molar-refractivity contribution in [3.63, 3.8) is 0 Å². The van der Waals surface area contributed by atoms with Crippen LogP contribution in [0.5, 0.6) is 0 Å². The van der Waals surface area contributed by atoms with Crippen molar-refractivity contribution in [2.75, 3.05) is 6.54 Å². The van der Waals surface area contributed by atoms with Crippen LogP contribution >= 0.6 is 0 Å². The summed E-state index contributed by atoms with van der Waals surface area (Å²) in [5.41, 5.74) is 0.904. The predicted molar refractivity (Wildman–Crippen MR) is 74.4 cm³/mol. The highest BCUT2D eigenvalue weighted by Crippen LogP contribution is 2.29. The van der Waals surface area contributed by atoms with E-state index in [1.165, 1.54) is 11.3 Å². The van der Waals surface area contributed by atoms with Gasteiger partial charge >= 0.3 is 0 Å². The lowest BCUT2D eigenvalue weighted by atomic mass is 9.85. The van der Waals surface area contributed by atoms with E-state index in [1.807, 2.05) is 0 Å². The van der Waals surface area contributed by atoms with Crippen molar-refractivity contribution in [1.82, 2.24) is 4.90 Å². The van der Waals surface area contributed by atoms with Crippen molar-refractivity contribution in [2.45, 2.75) is 38.2 Å². The van der Waals surface area contributed by atoms with Gasteiger partial charge in [-0.2, -0.15) is 0 Å². The molecule has 1 aromatic carbocycles. The van der Waals surface area contributed by atoms with Gasteiger partial charge in [0, 0.05) is 0 Å². The van der Waals surface area contributed by atoms with E-state index in [0.717, 1.165) is 25.7 Å². The van der Waals surface area contributed by atoms with Crippen LogP contribution in [0.1, 0.15) is 52.8 Å². The highest BCUT2D eigenvalue weighted by Gasteiger charge is 2.37. The van der Waals surface area contributed by atoms with Crippen LogP contribution < -0.4 is 0 Å². The summed E-state index contributed by atoms with van der Waals surface area (Å²) in [4.78, 5) is 25.6. The topological polar surface area (TPSA) is 57.6 Å². The number of amides is 2. The van der Waals surface area contributed by atoms with Crippen LogP contribution in [0.25, 0.3) is 0 Å². The Balaban J connectivity index is 1.73. The number of fused-ring (bicyclic) bond motifs is 1. The summed E-state index contributed by atoms with van der Waals surface area (Å²) in [5.74, 6) is -0.339. The number of carbonyl (C=O) groups is 2. The zero-order valence-corrected chi connectivity index (χ0v) is 11.4. The molecule has 1 heterocycles. The van der Waals surface area contributed by atoms with Crippen LogP contribution in [0.3, 0.4) is 0 Å². The Labute approximate surface area is 118 Å². The van der Waals surface area contributed by atoms with Crippen LogP contribution in [0.4, 0.5) is 0 Å². The van der Waals surface area contributed by atoms with Crippen molar-refractivity contribution < 1.29 is 14.7 Å². The highest BCUT2D eigenvalue weighted by atomic mass is 16.3. The molecule has 4 nitrogen and oxygen atoms in total. The molecule has 0 spiro atoms. The van der Waals surface area contributed by atoms with Crippen molar-refractivity contribution >= 4 is 11.8 Å². The third-order valence-electron chi connectivity index (χ3n) is 4.44. The molecular weight excluding hydrogens is 254 g/mol. The first-order valence-electron chi connectivity index (χ1n) is 7.32. The number of imide groups is 1. The molecule has 0 aromatic heterocycles. The van der Waals surface area contributed by atoms with Gasteiger partial charge in [0.25, 0.3) is 11.8 Å². The maximum atomic E-state index is 12.2. The molecule has 1 aromatic rings. The quantitative estimate of drug-likeness (QED) is 0.859. The van der Waals surface area contributed by atoms with Crippen LogP contribution in [0, 0.1) is 5.92 Å². The number of hydrogen-bond acceptors (Lipinski definition) is 3. The maximum Gasteiger partial charge on any atom is 0.261 e. The van der Waals surface area contributed by atoms with Gasteiger partial charge in [-0.1, -0.05) is 31.4 Å². The lowest BCUT2D eigenvalue weighted by molar-refractivity contribution is 0.0368. The molecule has 2 aliphatic rings. The van der Waals surface area contributed by atoms with Crippen molar-refractivity contribution in [2.24, 2.45) is 5.92 Å². The second kappa shape index (κ2) is 5.37. The summed E-state index contributed by atoms with van der Waals surface area (Å²) < 4.78 is 0. The minimum absolute atomic E-state index is 0.122. The smallest absolute Gasteiger partial charge is 0.261 e. The lowest BCUT2D eigenvalue weighted by Crippen LogP contribution is -2.40. The number of hydrogen-bond donors (Lipinski definition) is 1. The molecule has 0 bridgehead atoms. The van der Waals surface area contributed by atoms with E-state index in [0.29, 0.717) is 11.1 Å². The first-order chi connectivity index (χ1) is 9.68. The average Bonchev–Trinajstić information content (AvgIpc) is 2.74. The van der Waals surface area contributed by atoms with E-state index >= 15 is 0 Å². The van der Waals surface area contributed by atoms with Crippen molar-refractivity contribution in [3.8, 4) is 0 Å². The molecule has 1 unspecified atom stereocenters. The van der Waals surface area contributed by atoms with Gasteiger partial charge in [-0.05, 0) is 30.9 Å². The Bertz CT molecular complexity index is 499. The number of nitrogens with zero attached hydrogens (tertiary/aromatic N) is 1. The summed E-state index contributed by atoms with van der Waals surface area (Å²) in [5, 5.41) is 10.3. The third kappa shape index (κ3) is 2.24. The molecule has 1 atom stereocenters. The lowest BCUT2D eigenvalue weighted by Gasteiger charge is -2.28. The Morgan fingerprint density at radius 2 is 1.60 bits per heavy atom. The van der Waals surface area contributed by atoms with Gasteiger partial charge in [0.1, 0.15) is 0 Å². The predicted octanol–water partition coefficient (Wildman–Crippen LogP) is 2.22. The van der Waals surface area contributed by atoms with E-state index in [1.54, 1.807) is 24.3 Å². The van der Waals surface area contributed by atoms with Crippen molar-refractivity contribution in [3.05, 3.63) is 35.4 Å². The Hall–Kier alpha value is -1.68. The van der Waals surface area contributed by atoms with Gasteiger partial charge in [-0.15, -0.1) is 0 Å². The zero-order valence-electron chi connectivity index (χ0n) is 11.4. The standard InChI is InChI=1S/C16H19NO3/c18-14(11-6-2-1-3-7-11)10-17-15(19)12-8-4-5-9-13(12)16(17)20/h4-5,8-9,11,14,18H,1-3,6-7,10H2. The maximum absolute atomic E-state index is 12.2. The number of aliphatic hydroxyl groups is 1. The van der Waals surface area contributed by atoms with Gasteiger partial charge in [0.05, 0.1) is 23.8 Å². The van der Waals surface area contributed by atoms with Gasteiger partial charge in [-0.3, -0.25) is 14.5 Å². The van der Waals surface area contributed by atoms with Crippen LogP contribution in [-0.4, -0.2) is 34.5 Å². The number of β-amino-alcohol motifs (C(OH)–C–C–N with tert-alkyl or cyclic N) is 1. The summed E-state index contributed by atoms with van der Waals surface area (Å²) in [6.07, 6.45) is 4.86. The van der Waals surface area contributed by atoms with Crippen LogP contribution in [-0.2, 0) is 0 Å². The van der Waals surface area contributed by atoms with Gasteiger partial charge in [-0.25, -0.2) is 0 Å². The minimum Gasteiger partial charge on any atom is -0.391 e. The van der Waals surface area contributed by atoms with E-state index in [9.17, 15) is 14.7 Å². The molecule has 1 fully saturated rings. The second-order valence-corrected chi connectivity index (χ2v) is 5.73. The van der Waals surface area contributed by atoms with E-state index in [-0.39, 0.29) is 24.3 Å². The molecule has 1 aliphatic heterocycles. The fourth-order valence-corrected chi connectivity index (χ4v) is 3.26. The highest BCUT2D eigenvalue weighted by molar-refractivity contribution is 6.21. The van der Waals surface area contributed by atoms with Crippen LogP contribution in [0.2, 0.25) is 0 Å².